The molecule has 0 aromatic heterocycles. The van der Waals surface area contributed by atoms with Gasteiger partial charge in [-0.2, -0.15) is 0 Å². The zero-order valence-electron chi connectivity index (χ0n) is 11.6. The molecule has 0 radical (unpaired) electrons. The molecule has 1 aromatic rings. The molecule has 2 unspecified atom stereocenters. The van der Waals surface area contributed by atoms with Crippen LogP contribution in [0.5, 0.6) is 11.5 Å². The summed E-state index contributed by atoms with van der Waals surface area (Å²) in [5, 5.41) is 0. The zero-order valence-corrected chi connectivity index (χ0v) is 11.6. The number of hydrogen-bond donors (Lipinski definition) is 1. The Morgan fingerprint density at radius 3 is 2.79 bits per heavy atom. The fourth-order valence-corrected chi connectivity index (χ4v) is 2.71. The van der Waals surface area contributed by atoms with Crippen LogP contribution in [-0.4, -0.2) is 13.2 Å². The maximum absolute atomic E-state index is 13.5. The second-order valence-electron chi connectivity index (χ2n) is 5.21. The average molecular weight is 267 g/mol. The Morgan fingerprint density at radius 2 is 2.11 bits per heavy atom. The second kappa shape index (κ2) is 6.13. The number of rotatable bonds is 4. The zero-order chi connectivity index (χ0) is 13.8. The summed E-state index contributed by atoms with van der Waals surface area (Å²) in [6.07, 6.45) is 5.91. The van der Waals surface area contributed by atoms with Crippen LogP contribution < -0.4 is 15.2 Å². The van der Waals surface area contributed by atoms with Crippen molar-refractivity contribution in [2.24, 2.45) is 5.92 Å². The molecule has 19 heavy (non-hydrogen) atoms. The smallest absolute Gasteiger partial charge is 0.167 e. The number of halogens is 1. The molecule has 1 aliphatic rings. The molecule has 3 nitrogen and oxygen atoms in total. The highest BCUT2D eigenvalue weighted by molar-refractivity contribution is 5.56. The SMILES string of the molecule is CCC1CCCC(Oc2cc(OC)c(F)cc2N)C1. The molecule has 0 heterocycles. The Labute approximate surface area is 113 Å². The van der Waals surface area contributed by atoms with Crippen LogP contribution in [0.2, 0.25) is 0 Å². The number of nitrogen functional groups attached to an aromatic ring is 1. The Kier molecular flexibility index (Phi) is 4.51. The van der Waals surface area contributed by atoms with Gasteiger partial charge in [-0.05, 0) is 25.2 Å². The molecular weight excluding hydrogens is 245 g/mol. The van der Waals surface area contributed by atoms with Crippen molar-refractivity contribution >= 4 is 5.69 Å². The maximum atomic E-state index is 13.5. The van der Waals surface area contributed by atoms with Crippen LogP contribution in [-0.2, 0) is 0 Å². The molecule has 2 atom stereocenters. The van der Waals surface area contributed by atoms with Crippen molar-refractivity contribution in [1.82, 2.24) is 0 Å². The first-order valence-electron chi connectivity index (χ1n) is 6.93. The Hall–Kier alpha value is -1.45. The Bertz CT molecular complexity index is 436. The van der Waals surface area contributed by atoms with Crippen LogP contribution in [0, 0.1) is 11.7 Å². The van der Waals surface area contributed by atoms with E-state index in [4.69, 9.17) is 15.2 Å². The van der Waals surface area contributed by atoms with E-state index < -0.39 is 5.82 Å². The summed E-state index contributed by atoms with van der Waals surface area (Å²) in [6, 6.07) is 2.80. The number of nitrogens with two attached hydrogens (primary N) is 1. The molecule has 1 fully saturated rings. The van der Waals surface area contributed by atoms with Gasteiger partial charge in [-0.3, -0.25) is 0 Å². The van der Waals surface area contributed by atoms with Crippen LogP contribution in [0.25, 0.3) is 0 Å². The van der Waals surface area contributed by atoms with E-state index in [9.17, 15) is 4.39 Å². The van der Waals surface area contributed by atoms with E-state index in [2.05, 4.69) is 6.92 Å². The van der Waals surface area contributed by atoms with Gasteiger partial charge in [-0.15, -0.1) is 0 Å². The van der Waals surface area contributed by atoms with Gasteiger partial charge >= 0.3 is 0 Å². The van der Waals surface area contributed by atoms with Gasteiger partial charge in [-0.1, -0.05) is 19.8 Å². The normalized spacial score (nSPS) is 23.1. The molecule has 2 rings (SSSR count). The average Bonchev–Trinajstić information content (AvgIpc) is 2.42. The highest BCUT2D eigenvalue weighted by Crippen LogP contribution is 2.34. The van der Waals surface area contributed by atoms with E-state index in [-0.39, 0.29) is 11.9 Å². The van der Waals surface area contributed by atoms with E-state index in [0.29, 0.717) is 11.4 Å². The molecule has 0 saturated heterocycles. The fraction of sp³-hybridized carbons (Fsp3) is 0.600. The van der Waals surface area contributed by atoms with Crippen molar-refractivity contribution in [1.29, 1.82) is 0 Å². The minimum absolute atomic E-state index is 0.173. The monoisotopic (exact) mass is 267 g/mol. The second-order valence-corrected chi connectivity index (χ2v) is 5.21. The molecule has 0 aliphatic heterocycles. The summed E-state index contributed by atoms with van der Waals surface area (Å²) in [7, 11) is 1.44. The quantitative estimate of drug-likeness (QED) is 0.845. The van der Waals surface area contributed by atoms with Crippen molar-refractivity contribution < 1.29 is 13.9 Å². The van der Waals surface area contributed by atoms with Crippen LogP contribution in [0.4, 0.5) is 10.1 Å². The summed E-state index contributed by atoms with van der Waals surface area (Å²) in [5.41, 5.74) is 6.14. The van der Waals surface area contributed by atoms with E-state index in [1.165, 1.54) is 32.4 Å². The number of hydrogen-bond acceptors (Lipinski definition) is 3. The summed E-state index contributed by atoms with van der Waals surface area (Å²) in [5.74, 6) is 0.969. The summed E-state index contributed by atoms with van der Waals surface area (Å²) in [6.45, 7) is 2.21. The lowest BCUT2D eigenvalue weighted by Crippen LogP contribution is -2.25. The van der Waals surface area contributed by atoms with Gasteiger partial charge in [-0.25, -0.2) is 4.39 Å². The summed E-state index contributed by atoms with van der Waals surface area (Å²) >= 11 is 0. The number of benzene rings is 1. The minimum atomic E-state index is -0.456. The molecule has 0 amide bonds. The third-order valence-electron chi connectivity index (χ3n) is 3.89. The standard InChI is InChI=1S/C15H22FNO2/c1-3-10-5-4-6-11(7-10)19-15-9-14(18-2)12(16)8-13(15)17/h8-11H,3-7,17H2,1-2H3. The topological polar surface area (TPSA) is 44.5 Å². The lowest BCUT2D eigenvalue weighted by molar-refractivity contribution is 0.122. The number of anilines is 1. The van der Waals surface area contributed by atoms with Gasteiger partial charge in [0.1, 0.15) is 5.75 Å². The van der Waals surface area contributed by atoms with Gasteiger partial charge in [0, 0.05) is 12.1 Å². The van der Waals surface area contributed by atoms with Crippen LogP contribution in [0.3, 0.4) is 0 Å². The minimum Gasteiger partial charge on any atom is -0.494 e. The summed E-state index contributed by atoms with van der Waals surface area (Å²) in [4.78, 5) is 0. The van der Waals surface area contributed by atoms with Gasteiger partial charge in [0.05, 0.1) is 18.9 Å². The molecule has 106 valence electrons. The largest absolute Gasteiger partial charge is 0.494 e. The maximum Gasteiger partial charge on any atom is 0.167 e. The lowest BCUT2D eigenvalue weighted by atomic mass is 9.85. The predicted octanol–water partition coefficient (Wildman–Crippen LogP) is 3.76. The van der Waals surface area contributed by atoms with Crippen molar-refractivity contribution in [2.45, 2.75) is 45.1 Å². The van der Waals surface area contributed by atoms with Crippen LogP contribution in [0.15, 0.2) is 12.1 Å². The van der Waals surface area contributed by atoms with Gasteiger partial charge in [0.2, 0.25) is 0 Å². The van der Waals surface area contributed by atoms with E-state index >= 15 is 0 Å². The molecule has 0 bridgehead atoms. The number of ether oxygens (including phenoxy) is 2. The lowest BCUT2D eigenvalue weighted by Gasteiger charge is -2.29. The van der Waals surface area contributed by atoms with Crippen LogP contribution in [0.1, 0.15) is 39.0 Å². The van der Waals surface area contributed by atoms with E-state index in [1.54, 1.807) is 6.07 Å². The van der Waals surface area contributed by atoms with Gasteiger partial charge in [0.15, 0.2) is 11.6 Å². The van der Waals surface area contributed by atoms with E-state index in [0.717, 1.165) is 18.8 Å². The third kappa shape index (κ3) is 3.31. The van der Waals surface area contributed by atoms with Crippen molar-refractivity contribution in [2.75, 3.05) is 12.8 Å². The molecule has 1 aliphatic carbocycles. The number of methoxy groups -OCH3 is 1. The Balaban J connectivity index is 2.10. The van der Waals surface area contributed by atoms with E-state index in [1.807, 2.05) is 0 Å². The summed E-state index contributed by atoms with van der Waals surface area (Å²) < 4.78 is 24.4. The first kappa shape index (κ1) is 14.0. The van der Waals surface area contributed by atoms with Gasteiger partial charge < -0.3 is 15.2 Å². The third-order valence-corrected chi connectivity index (χ3v) is 3.89. The van der Waals surface area contributed by atoms with Crippen molar-refractivity contribution in [3.05, 3.63) is 17.9 Å². The fourth-order valence-electron chi connectivity index (χ4n) is 2.71. The van der Waals surface area contributed by atoms with Gasteiger partial charge in [0.25, 0.3) is 0 Å². The molecule has 1 saturated carbocycles. The highest BCUT2D eigenvalue weighted by atomic mass is 19.1. The first-order valence-corrected chi connectivity index (χ1v) is 6.93. The molecule has 0 spiro atoms. The van der Waals surface area contributed by atoms with Crippen LogP contribution >= 0.6 is 0 Å². The Morgan fingerprint density at radius 1 is 1.32 bits per heavy atom. The predicted molar refractivity (Wildman–Crippen MR) is 74.0 cm³/mol. The molecule has 1 aromatic carbocycles. The molecule has 4 heteroatoms. The van der Waals surface area contributed by atoms with Crippen molar-refractivity contribution in [3.8, 4) is 11.5 Å². The molecular formula is C15H22FNO2. The van der Waals surface area contributed by atoms with Crippen molar-refractivity contribution in [3.63, 3.8) is 0 Å². The first-order chi connectivity index (χ1) is 9.13. The molecule has 2 N–H and O–H groups in total. The highest BCUT2D eigenvalue weighted by Gasteiger charge is 2.23.